The highest BCUT2D eigenvalue weighted by Crippen LogP contribution is 2.31. The first-order valence-electron chi connectivity index (χ1n) is 8.67. The van der Waals surface area contributed by atoms with Crippen molar-refractivity contribution in [1.29, 1.82) is 0 Å². The van der Waals surface area contributed by atoms with Crippen molar-refractivity contribution in [3.8, 4) is 0 Å². The van der Waals surface area contributed by atoms with E-state index in [0.29, 0.717) is 16.6 Å². The van der Waals surface area contributed by atoms with E-state index in [4.69, 9.17) is 0 Å². The van der Waals surface area contributed by atoms with Crippen LogP contribution in [0.3, 0.4) is 0 Å². The van der Waals surface area contributed by atoms with Gasteiger partial charge in [0, 0.05) is 12.4 Å². The number of para-hydroxylation sites is 1. The molecule has 2 heterocycles. The Kier molecular flexibility index (Phi) is 6.08. The van der Waals surface area contributed by atoms with Crippen molar-refractivity contribution in [2.24, 2.45) is 0 Å². The minimum absolute atomic E-state index is 0.0207. The number of amides is 2. The minimum Gasteiger partial charge on any atom is -0.459 e. The number of thiophene rings is 1. The summed E-state index contributed by atoms with van der Waals surface area (Å²) in [6.45, 7) is 1.56. The van der Waals surface area contributed by atoms with Crippen LogP contribution in [0.5, 0.6) is 0 Å². The number of carbonyl (C=O) groups excluding carboxylic acids is 3. The number of anilines is 1. The molecule has 30 heavy (non-hydrogen) atoms. The van der Waals surface area contributed by atoms with Gasteiger partial charge in [0.25, 0.3) is 15.9 Å². The molecule has 2 amide bonds. The van der Waals surface area contributed by atoms with Gasteiger partial charge in [-0.1, -0.05) is 18.2 Å². The Hall–Kier alpha value is -3.38. The van der Waals surface area contributed by atoms with Gasteiger partial charge in [0.05, 0.1) is 17.8 Å². The number of fused-ring (bicyclic) bond motifs is 1. The topological polar surface area (TPSA) is 138 Å². The molecule has 0 radical (unpaired) electrons. The summed E-state index contributed by atoms with van der Waals surface area (Å²) in [5.41, 5.74) is 4.87. The monoisotopic (exact) mass is 450 g/mol. The number of benzene rings is 1. The van der Waals surface area contributed by atoms with Crippen molar-refractivity contribution in [3.05, 3.63) is 47.5 Å². The fourth-order valence-corrected chi connectivity index (χ4v) is 5.00. The van der Waals surface area contributed by atoms with Gasteiger partial charge in [0.15, 0.2) is 0 Å². The number of aromatic amines is 1. The highest BCUT2D eigenvalue weighted by atomic mass is 32.2. The SMILES string of the molecule is CCOC(=O)C(=O)NNC(=O)c1cc2cccc(N(C)S(=O)(=O)c3cccs3)c2[nH]1. The summed E-state index contributed by atoms with van der Waals surface area (Å²) in [7, 11) is -2.34. The second-order valence-corrected chi connectivity index (χ2v) is 9.10. The van der Waals surface area contributed by atoms with Gasteiger partial charge in [0.2, 0.25) is 0 Å². The Labute approximate surface area is 175 Å². The fraction of sp³-hybridized carbons (Fsp3) is 0.167. The second-order valence-electron chi connectivity index (χ2n) is 5.96. The highest BCUT2D eigenvalue weighted by molar-refractivity contribution is 7.94. The molecule has 0 saturated heterocycles. The summed E-state index contributed by atoms with van der Waals surface area (Å²) in [6.07, 6.45) is 0. The number of carbonyl (C=O) groups is 3. The van der Waals surface area contributed by atoms with Gasteiger partial charge >= 0.3 is 11.9 Å². The maximum absolute atomic E-state index is 12.8. The number of sulfonamides is 1. The number of esters is 1. The van der Waals surface area contributed by atoms with Gasteiger partial charge < -0.3 is 9.72 Å². The van der Waals surface area contributed by atoms with Gasteiger partial charge in [0.1, 0.15) is 9.90 Å². The number of ether oxygens (including phenoxy) is 1. The van der Waals surface area contributed by atoms with Gasteiger partial charge in [-0.3, -0.25) is 24.7 Å². The first-order chi connectivity index (χ1) is 14.3. The molecular weight excluding hydrogens is 432 g/mol. The van der Waals surface area contributed by atoms with Crippen molar-refractivity contribution in [2.45, 2.75) is 11.1 Å². The Morgan fingerprint density at radius 3 is 2.60 bits per heavy atom. The van der Waals surface area contributed by atoms with E-state index < -0.39 is 27.8 Å². The summed E-state index contributed by atoms with van der Waals surface area (Å²) < 4.78 is 31.5. The van der Waals surface area contributed by atoms with Crippen LogP contribution in [0.1, 0.15) is 17.4 Å². The van der Waals surface area contributed by atoms with Crippen LogP contribution >= 0.6 is 11.3 Å². The Bertz CT molecular complexity index is 1200. The van der Waals surface area contributed by atoms with Crippen molar-refractivity contribution in [2.75, 3.05) is 18.0 Å². The Morgan fingerprint density at radius 1 is 1.17 bits per heavy atom. The smallest absolute Gasteiger partial charge is 0.398 e. The van der Waals surface area contributed by atoms with Gasteiger partial charge in [-0.15, -0.1) is 11.3 Å². The zero-order chi connectivity index (χ0) is 21.9. The Morgan fingerprint density at radius 2 is 1.93 bits per heavy atom. The zero-order valence-electron chi connectivity index (χ0n) is 16.0. The van der Waals surface area contributed by atoms with E-state index >= 15 is 0 Å². The molecule has 0 saturated carbocycles. The summed E-state index contributed by atoms with van der Waals surface area (Å²) >= 11 is 1.10. The number of aromatic nitrogens is 1. The number of nitrogens with one attached hydrogen (secondary N) is 3. The normalized spacial score (nSPS) is 11.1. The van der Waals surface area contributed by atoms with Crippen molar-refractivity contribution in [1.82, 2.24) is 15.8 Å². The average Bonchev–Trinajstić information content (AvgIpc) is 3.41. The highest BCUT2D eigenvalue weighted by Gasteiger charge is 2.25. The standard InChI is InChI=1S/C18H18N4O6S2/c1-3-28-18(25)17(24)21-20-16(23)12-10-11-6-4-7-13(15(11)19-12)22(2)30(26,27)14-8-5-9-29-14/h4-10,19H,3H2,1-2H3,(H,20,23)(H,21,24). The lowest BCUT2D eigenvalue weighted by Gasteiger charge is -2.19. The molecule has 3 aromatic rings. The van der Waals surface area contributed by atoms with Gasteiger partial charge in [-0.05, 0) is 30.5 Å². The number of H-pyrrole nitrogens is 1. The second kappa shape index (κ2) is 8.55. The molecular formula is C18H18N4O6S2. The molecule has 0 bridgehead atoms. The summed E-state index contributed by atoms with van der Waals surface area (Å²) in [4.78, 5) is 38.0. The van der Waals surface area contributed by atoms with Crippen LogP contribution in [0.2, 0.25) is 0 Å². The molecule has 0 spiro atoms. The van der Waals surface area contributed by atoms with E-state index in [0.717, 1.165) is 15.6 Å². The van der Waals surface area contributed by atoms with E-state index in [1.807, 2.05) is 5.43 Å². The molecule has 1 aromatic carbocycles. The van der Waals surface area contributed by atoms with Crippen LogP contribution < -0.4 is 15.2 Å². The lowest BCUT2D eigenvalue weighted by molar-refractivity contribution is -0.154. The molecule has 0 aliphatic heterocycles. The lowest BCUT2D eigenvalue weighted by Crippen LogP contribution is -2.45. The van der Waals surface area contributed by atoms with Crippen LogP contribution in [0, 0.1) is 0 Å². The van der Waals surface area contributed by atoms with Crippen LogP contribution in [-0.2, 0) is 24.3 Å². The summed E-state index contributed by atoms with van der Waals surface area (Å²) in [5.74, 6) is -2.97. The number of hydrogen-bond acceptors (Lipinski definition) is 7. The molecule has 0 unspecified atom stereocenters. The number of hydrogen-bond donors (Lipinski definition) is 3. The third-order valence-corrected chi connectivity index (χ3v) is 7.22. The number of rotatable bonds is 5. The van der Waals surface area contributed by atoms with Crippen LogP contribution in [-0.4, -0.2) is 44.8 Å². The predicted octanol–water partition coefficient (Wildman–Crippen LogP) is 1.38. The van der Waals surface area contributed by atoms with Crippen LogP contribution in [0.4, 0.5) is 5.69 Å². The quantitative estimate of drug-likeness (QED) is 0.305. The van der Waals surface area contributed by atoms with Gasteiger partial charge in [-0.2, -0.15) is 0 Å². The molecule has 0 fully saturated rings. The number of hydrazine groups is 1. The molecule has 3 N–H and O–H groups in total. The van der Waals surface area contributed by atoms with Gasteiger partial charge in [-0.25, -0.2) is 13.2 Å². The Balaban J connectivity index is 1.84. The first kappa shape index (κ1) is 21.3. The third kappa shape index (κ3) is 4.14. The lowest BCUT2D eigenvalue weighted by atomic mass is 10.2. The maximum atomic E-state index is 12.8. The molecule has 0 atom stereocenters. The van der Waals surface area contributed by atoms with E-state index in [-0.39, 0.29) is 16.5 Å². The maximum Gasteiger partial charge on any atom is 0.398 e. The fourth-order valence-electron chi connectivity index (χ4n) is 2.63. The van der Waals surface area contributed by atoms with Crippen molar-refractivity contribution in [3.63, 3.8) is 0 Å². The largest absolute Gasteiger partial charge is 0.459 e. The van der Waals surface area contributed by atoms with Crippen LogP contribution in [0.15, 0.2) is 46.0 Å². The number of nitrogens with zero attached hydrogens (tertiary/aromatic N) is 1. The van der Waals surface area contributed by atoms with E-state index in [9.17, 15) is 22.8 Å². The molecule has 3 rings (SSSR count). The third-order valence-electron chi connectivity index (χ3n) is 4.08. The van der Waals surface area contributed by atoms with E-state index in [1.54, 1.807) is 36.6 Å². The molecule has 12 heteroatoms. The minimum atomic E-state index is -3.76. The van der Waals surface area contributed by atoms with E-state index in [1.165, 1.54) is 19.2 Å². The molecule has 0 aliphatic rings. The molecule has 0 aliphatic carbocycles. The van der Waals surface area contributed by atoms with Crippen LogP contribution in [0.25, 0.3) is 10.9 Å². The predicted molar refractivity (Wildman–Crippen MR) is 110 cm³/mol. The van der Waals surface area contributed by atoms with E-state index in [2.05, 4.69) is 15.1 Å². The summed E-state index contributed by atoms with van der Waals surface area (Å²) in [5, 5.41) is 2.26. The average molecular weight is 450 g/mol. The molecule has 2 aromatic heterocycles. The van der Waals surface area contributed by atoms with Crippen molar-refractivity contribution < 1.29 is 27.5 Å². The summed E-state index contributed by atoms with van der Waals surface area (Å²) in [6, 6.07) is 9.62. The molecule has 10 nitrogen and oxygen atoms in total. The van der Waals surface area contributed by atoms with Crippen molar-refractivity contribution >= 4 is 55.7 Å². The first-order valence-corrected chi connectivity index (χ1v) is 11.0. The zero-order valence-corrected chi connectivity index (χ0v) is 17.6. The molecule has 158 valence electrons.